The van der Waals surface area contributed by atoms with Crippen molar-refractivity contribution in [1.29, 1.82) is 0 Å². The van der Waals surface area contributed by atoms with Crippen molar-refractivity contribution in [2.75, 3.05) is 13.6 Å². The van der Waals surface area contributed by atoms with E-state index in [4.69, 9.17) is 0 Å². The fraction of sp³-hybridized carbons (Fsp3) is 0.462. The smallest absolute Gasteiger partial charge is 0.243 e. The number of rotatable bonds is 9. The Labute approximate surface area is 203 Å². The van der Waals surface area contributed by atoms with Gasteiger partial charge in [-0.2, -0.15) is 4.31 Å². The Hall–Kier alpha value is -2.71. The summed E-state index contributed by atoms with van der Waals surface area (Å²) in [6.07, 6.45) is 4.07. The minimum atomic E-state index is -3.84. The molecule has 34 heavy (non-hydrogen) atoms. The molecule has 184 valence electrons. The van der Waals surface area contributed by atoms with Crippen molar-refractivity contribution in [2.45, 2.75) is 70.0 Å². The number of carbonyl (C=O) groups is 2. The average molecular weight is 486 g/mol. The summed E-state index contributed by atoms with van der Waals surface area (Å²) in [7, 11) is -2.45. The highest BCUT2D eigenvalue weighted by Crippen LogP contribution is 2.20. The van der Waals surface area contributed by atoms with Crippen LogP contribution in [0.2, 0.25) is 0 Å². The van der Waals surface area contributed by atoms with E-state index in [0.717, 1.165) is 46.7 Å². The van der Waals surface area contributed by atoms with E-state index < -0.39 is 22.0 Å². The molecular weight excluding hydrogens is 450 g/mol. The lowest BCUT2D eigenvalue weighted by molar-refractivity contribution is -0.140. The van der Waals surface area contributed by atoms with Gasteiger partial charge in [0.1, 0.15) is 6.04 Å². The van der Waals surface area contributed by atoms with E-state index in [2.05, 4.69) is 5.32 Å². The molecule has 1 aliphatic rings. The van der Waals surface area contributed by atoms with Crippen molar-refractivity contribution in [1.82, 2.24) is 14.5 Å². The van der Waals surface area contributed by atoms with Crippen molar-refractivity contribution < 1.29 is 18.0 Å². The van der Waals surface area contributed by atoms with E-state index in [0.29, 0.717) is 0 Å². The first kappa shape index (κ1) is 25.9. The van der Waals surface area contributed by atoms with Gasteiger partial charge < -0.3 is 10.2 Å². The quantitative estimate of drug-likeness (QED) is 0.590. The maximum absolute atomic E-state index is 13.4. The second kappa shape index (κ2) is 11.1. The van der Waals surface area contributed by atoms with Gasteiger partial charge in [0.25, 0.3) is 0 Å². The molecule has 0 bridgehead atoms. The molecule has 0 unspecified atom stereocenters. The Bertz CT molecular complexity index is 1110. The Kier molecular flexibility index (Phi) is 8.49. The molecule has 2 aromatic rings. The lowest BCUT2D eigenvalue weighted by Gasteiger charge is -2.31. The van der Waals surface area contributed by atoms with Crippen LogP contribution in [0.3, 0.4) is 0 Å². The number of likely N-dealkylation sites (N-methyl/N-ethyl adjacent to an activating group) is 1. The summed E-state index contributed by atoms with van der Waals surface area (Å²) in [4.78, 5) is 28.0. The summed E-state index contributed by atoms with van der Waals surface area (Å²) in [5.41, 5.74) is 2.88. The number of aryl methyl sites for hydroxylation is 2. The predicted octanol–water partition coefficient (Wildman–Crippen LogP) is 3.40. The lowest BCUT2D eigenvalue weighted by Crippen LogP contribution is -2.52. The van der Waals surface area contributed by atoms with Gasteiger partial charge in [-0.15, -0.1) is 0 Å². The van der Waals surface area contributed by atoms with Gasteiger partial charge in [-0.05, 0) is 51.3 Å². The number of hydrogen-bond acceptors (Lipinski definition) is 4. The first-order chi connectivity index (χ1) is 16.1. The van der Waals surface area contributed by atoms with Crippen LogP contribution in [0.15, 0.2) is 53.4 Å². The molecule has 1 atom stereocenters. The van der Waals surface area contributed by atoms with Crippen LogP contribution in [-0.2, 0) is 26.2 Å². The van der Waals surface area contributed by atoms with Crippen LogP contribution in [0.25, 0.3) is 0 Å². The van der Waals surface area contributed by atoms with Crippen LogP contribution in [0.1, 0.15) is 49.3 Å². The van der Waals surface area contributed by atoms with Gasteiger partial charge >= 0.3 is 0 Å². The molecule has 1 aliphatic carbocycles. The minimum Gasteiger partial charge on any atom is -0.352 e. The number of amides is 2. The maximum atomic E-state index is 13.4. The monoisotopic (exact) mass is 485 g/mol. The van der Waals surface area contributed by atoms with Crippen LogP contribution < -0.4 is 5.32 Å². The molecule has 2 aromatic carbocycles. The summed E-state index contributed by atoms with van der Waals surface area (Å²) >= 11 is 0. The number of carbonyl (C=O) groups excluding carboxylic acids is 2. The Morgan fingerprint density at radius 1 is 1.03 bits per heavy atom. The van der Waals surface area contributed by atoms with Gasteiger partial charge in [-0.3, -0.25) is 9.59 Å². The zero-order chi connectivity index (χ0) is 24.9. The van der Waals surface area contributed by atoms with Crippen molar-refractivity contribution in [2.24, 2.45) is 0 Å². The van der Waals surface area contributed by atoms with Crippen LogP contribution in [0.4, 0.5) is 0 Å². The van der Waals surface area contributed by atoms with E-state index in [1.54, 1.807) is 19.1 Å². The van der Waals surface area contributed by atoms with Gasteiger partial charge in [0.15, 0.2) is 0 Å². The lowest BCUT2D eigenvalue weighted by atomic mass is 10.1. The van der Waals surface area contributed by atoms with Crippen molar-refractivity contribution in [3.05, 3.63) is 65.2 Å². The van der Waals surface area contributed by atoms with Crippen molar-refractivity contribution in [3.63, 3.8) is 0 Å². The molecule has 8 heteroatoms. The second-order valence-electron chi connectivity index (χ2n) is 9.25. The van der Waals surface area contributed by atoms with E-state index in [1.807, 2.05) is 38.1 Å². The average Bonchev–Trinajstić information content (AvgIpc) is 3.30. The molecule has 0 saturated heterocycles. The zero-order valence-electron chi connectivity index (χ0n) is 20.5. The number of benzene rings is 2. The molecule has 2 amide bonds. The van der Waals surface area contributed by atoms with Crippen LogP contribution in [-0.4, -0.2) is 55.1 Å². The number of nitrogens with one attached hydrogen (secondary N) is 1. The first-order valence-electron chi connectivity index (χ1n) is 11.8. The Morgan fingerprint density at radius 2 is 1.68 bits per heavy atom. The van der Waals surface area contributed by atoms with Gasteiger partial charge in [0.05, 0.1) is 11.4 Å². The molecule has 1 saturated carbocycles. The van der Waals surface area contributed by atoms with E-state index in [-0.39, 0.29) is 29.9 Å². The van der Waals surface area contributed by atoms with Crippen LogP contribution in [0.5, 0.6) is 0 Å². The summed E-state index contributed by atoms with van der Waals surface area (Å²) in [5.74, 6) is -0.634. The van der Waals surface area contributed by atoms with E-state index in [1.165, 1.54) is 24.1 Å². The molecule has 0 aliphatic heterocycles. The van der Waals surface area contributed by atoms with Gasteiger partial charge in [0.2, 0.25) is 21.8 Å². The molecule has 1 N–H and O–H groups in total. The summed E-state index contributed by atoms with van der Waals surface area (Å²) in [6.45, 7) is 5.41. The minimum absolute atomic E-state index is 0.130. The van der Waals surface area contributed by atoms with Gasteiger partial charge in [-0.1, -0.05) is 60.4 Å². The molecule has 0 spiro atoms. The summed E-state index contributed by atoms with van der Waals surface area (Å²) in [5, 5.41) is 3.06. The molecule has 0 heterocycles. The summed E-state index contributed by atoms with van der Waals surface area (Å²) in [6, 6.07) is 13.7. The van der Waals surface area contributed by atoms with Crippen LogP contribution in [0, 0.1) is 13.8 Å². The third-order valence-electron chi connectivity index (χ3n) is 6.39. The largest absolute Gasteiger partial charge is 0.352 e. The number of nitrogens with zero attached hydrogens (tertiary/aromatic N) is 2. The maximum Gasteiger partial charge on any atom is 0.243 e. The Morgan fingerprint density at radius 3 is 2.29 bits per heavy atom. The zero-order valence-corrected chi connectivity index (χ0v) is 21.3. The molecule has 0 aromatic heterocycles. The second-order valence-corrected chi connectivity index (χ2v) is 11.3. The van der Waals surface area contributed by atoms with E-state index >= 15 is 0 Å². The third-order valence-corrected chi connectivity index (χ3v) is 8.21. The highest BCUT2D eigenvalue weighted by atomic mass is 32.2. The number of sulfonamides is 1. The highest BCUT2D eigenvalue weighted by Gasteiger charge is 2.31. The van der Waals surface area contributed by atoms with Gasteiger partial charge in [-0.25, -0.2) is 8.42 Å². The van der Waals surface area contributed by atoms with E-state index in [9.17, 15) is 18.0 Å². The first-order valence-corrected chi connectivity index (χ1v) is 13.2. The SMILES string of the molecule is Cc1ccc(S(=O)(=O)N(C)CC(=O)N(Cc2cccc(C)c2)[C@H](C)C(=O)NC2CCCC2)cc1. The highest BCUT2D eigenvalue weighted by molar-refractivity contribution is 7.89. The normalized spacial score (nSPS) is 15.3. The molecule has 3 rings (SSSR count). The van der Waals surface area contributed by atoms with Crippen molar-refractivity contribution >= 4 is 21.8 Å². The molecule has 7 nitrogen and oxygen atoms in total. The fourth-order valence-corrected chi connectivity index (χ4v) is 5.36. The molecular formula is C26H35N3O4S. The molecule has 1 fully saturated rings. The Balaban J connectivity index is 1.79. The van der Waals surface area contributed by atoms with Crippen molar-refractivity contribution in [3.8, 4) is 0 Å². The van der Waals surface area contributed by atoms with Crippen LogP contribution >= 0.6 is 0 Å². The standard InChI is InChI=1S/C26H35N3O4S/c1-19-12-14-24(15-13-19)34(32,33)28(4)18-25(30)29(17-22-9-7-8-20(2)16-22)21(3)26(31)27-23-10-5-6-11-23/h7-9,12-16,21,23H,5-6,10-11,17-18H2,1-4H3,(H,27,31)/t21-/m1/s1. The molecule has 0 radical (unpaired) electrons. The topological polar surface area (TPSA) is 86.8 Å². The number of hydrogen-bond donors (Lipinski definition) is 1. The summed E-state index contributed by atoms with van der Waals surface area (Å²) < 4.78 is 27.1. The predicted molar refractivity (Wildman–Crippen MR) is 133 cm³/mol. The van der Waals surface area contributed by atoms with Gasteiger partial charge in [0, 0.05) is 19.6 Å². The third kappa shape index (κ3) is 6.45. The fourth-order valence-electron chi connectivity index (χ4n) is 4.24.